The molecule has 0 spiro atoms. The molecule has 0 atom stereocenters. The Morgan fingerprint density at radius 3 is 2.57 bits per heavy atom. The molecule has 2 fully saturated rings. The van der Waals surface area contributed by atoms with Gasteiger partial charge in [0, 0.05) is 18.0 Å². The molecule has 8 heteroatoms. The van der Waals surface area contributed by atoms with E-state index in [0.717, 1.165) is 25.7 Å². The van der Waals surface area contributed by atoms with Crippen LogP contribution in [0.4, 0.5) is 5.69 Å². The largest absolute Gasteiger partial charge is 0.349 e. The van der Waals surface area contributed by atoms with Crippen molar-refractivity contribution in [3.05, 3.63) is 28.8 Å². The molecule has 1 N–H and O–H groups in total. The number of halogens is 1. The Hall–Kier alpha value is -1.60. The molecule has 1 aromatic carbocycles. The number of nitrogens with zero attached hydrogens (tertiary/aromatic N) is 1. The second-order valence-corrected chi connectivity index (χ2v) is 8.19. The molecule has 23 heavy (non-hydrogen) atoms. The lowest BCUT2D eigenvalue weighted by atomic mass is 10.1. The van der Waals surface area contributed by atoms with Crippen LogP contribution in [0.1, 0.15) is 42.5 Å². The fourth-order valence-electron chi connectivity index (χ4n) is 3.00. The zero-order valence-electron chi connectivity index (χ0n) is 12.4. The number of anilines is 1. The maximum Gasteiger partial charge on any atom is 0.251 e. The van der Waals surface area contributed by atoms with Crippen molar-refractivity contribution in [2.24, 2.45) is 0 Å². The Bertz CT molecular complexity index is 757. The van der Waals surface area contributed by atoms with Gasteiger partial charge in [0.2, 0.25) is 15.9 Å². The molecule has 1 saturated carbocycles. The summed E-state index contributed by atoms with van der Waals surface area (Å²) in [5.74, 6) is -1.04. The number of carbonyl (C=O) groups excluding carboxylic acids is 2. The molecule has 1 heterocycles. The summed E-state index contributed by atoms with van der Waals surface area (Å²) in [5, 5.41) is 3.06. The molecule has 1 aliphatic heterocycles. The van der Waals surface area contributed by atoms with E-state index in [2.05, 4.69) is 5.32 Å². The molecule has 124 valence electrons. The van der Waals surface area contributed by atoms with E-state index in [1.54, 1.807) is 0 Å². The SMILES string of the molecule is O=C(NC1CCCC1)c1ccc(Cl)c(N2C(=O)CCS2(=O)=O)c1. The molecule has 0 radical (unpaired) electrons. The molecule has 0 aromatic heterocycles. The summed E-state index contributed by atoms with van der Waals surface area (Å²) < 4.78 is 24.8. The molecule has 0 unspecified atom stereocenters. The first-order valence-electron chi connectivity index (χ1n) is 7.55. The highest BCUT2D eigenvalue weighted by Crippen LogP contribution is 2.33. The maximum atomic E-state index is 12.3. The molecular weight excluding hydrogens is 340 g/mol. The van der Waals surface area contributed by atoms with Crippen molar-refractivity contribution in [2.45, 2.75) is 38.1 Å². The Morgan fingerprint density at radius 2 is 1.96 bits per heavy atom. The van der Waals surface area contributed by atoms with Crippen molar-refractivity contribution in [3.8, 4) is 0 Å². The van der Waals surface area contributed by atoms with Crippen molar-refractivity contribution < 1.29 is 18.0 Å². The van der Waals surface area contributed by atoms with E-state index in [0.29, 0.717) is 9.87 Å². The molecule has 6 nitrogen and oxygen atoms in total. The fraction of sp³-hybridized carbons (Fsp3) is 0.467. The zero-order valence-corrected chi connectivity index (χ0v) is 14.0. The van der Waals surface area contributed by atoms with Gasteiger partial charge < -0.3 is 5.32 Å². The van der Waals surface area contributed by atoms with Crippen molar-refractivity contribution in [3.63, 3.8) is 0 Å². The Kier molecular flexibility index (Phi) is 4.33. The number of hydrogen-bond acceptors (Lipinski definition) is 4. The molecule has 2 amide bonds. The van der Waals surface area contributed by atoms with Crippen LogP contribution in [0.15, 0.2) is 18.2 Å². The van der Waals surface area contributed by atoms with Crippen LogP contribution in [0.2, 0.25) is 5.02 Å². The quantitative estimate of drug-likeness (QED) is 0.898. The Labute approximate surface area is 139 Å². The predicted octanol–water partition coefficient (Wildman–Crippen LogP) is 2.08. The summed E-state index contributed by atoms with van der Waals surface area (Å²) in [7, 11) is -3.71. The summed E-state index contributed by atoms with van der Waals surface area (Å²) in [6.45, 7) is 0. The molecule has 3 rings (SSSR count). The third kappa shape index (κ3) is 3.21. The number of sulfonamides is 1. The van der Waals surface area contributed by atoms with Crippen LogP contribution in [0.25, 0.3) is 0 Å². The van der Waals surface area contributed by atoms with Crippen molar-refractivity contribution in [2.75, 3.05) is 10.1 Å². The van der Waals surface area contributed by atoms with Gasteiger partial charge in [-0.15, -0.1) is 0 Å². The van der Waals surface area contributed by atoms with Crippen molar-refractivity contribution in [1.82, 2.24) is 5.32 Å². The summed E-state index contributed by atoms with van der Waals surface area (Å²) in [5.41, 5.74) is 0.347. The van der Waals surface area contributed by atoms with Crippen LogP contribution < -0.4 is 9.62 Å². The van der Waals surface area contributed by atoms with Gasteiger partial charge in [0.1, 0.15) is 0 Å². The van der Waals surface area contributed by atoms with Crippen LogP contribution in [0, 0.1) is 0 Å². The number of hydrogen-bond donors (Lipinski definition) is 1. The molecular formula is C15H17ClN2O4S. The third-order valence-corrected chi connectivity index (χ3v) is 6.19. The minimum Gasteiger partial charge on any atom is -0.349 e. The minimum atomic E-state index is -3.71. The average Bonchev–Trinajstić information content (AvgIpc) is 3.08. The van der Waals surface area contributed by atoms with E-state index in [9.17, 15) is 18.0 Å². The van der Waals surface area contributed by atoms with E-state index in [1.807, 2.05) is 0 Å². The smallest absolute Gasteiger partial charge is 0.251 e. The molecule has 2 aliphatic rings. The van der Waals surface area contributed by atoms with Crippen LogP contribution >= 0.6 is 11.6 Å². The predicted molar refractivity (Wildman–Crippen MR) is 87.1 cm³/mol. The van der Waals surface area contributed by atoms with E-state index in [4.69, 9.17) is 11.6 Å². The topological polar surface area (TPSA) is 83.6 Å². The van der Waals surface area contributed by atoms with Gasteiger partial charge in [0.05, 0.1) is 16.5 Å². The molecule has 1 aromatic rings. The second-order valence-electron chi connectivity index (χ2n) is 5.85. The fourth-order valence-corrected chi connectivity index (χ4v) is 4.72. The number of benzene rings is 1. The van der Waals surface area contributed by atoms with E-state index < -0.39 is 15.9 Å². The lowest BCUT2D eigenvalue weighted by molar-refractivity contribution is -0.116. The van der Waals surface area contributed by atoms with E-state index >= 15 is 0 Å². The second kappa shape index (κ2) is 6.13. The van der Waals surface area contributed by atoms with Gasteiger partial charge in [-0.3, -0.25) is 9.59 Å². The standard InChI is InChI=1S/C15H17ClN2O4S/c16-12-6-5-10(15(20)17-11-3-1-2-4-11)9-13(12)18-14(19)7-8-23(18,21)22/h5-6,9,11H,1-4,7-8H2,(H,17,20). The first kappa shape index (κ1) is 16.3. The minimum absolute atomic E-state index is 0.0493. The first-order chi connectivity index (χ1) is 10.9. The van der Waals surface area contributed by atoms with Crippen LogP contribution in [-0.4, -0.2) is 32.0 Å². The van der Waals surface area contributed by atoms with Gasteiger partial charge in [0.15, 0.2) is 0 Å². The highest BCUT2D eigenvalue weighted by Gasteiger charge is 2.37. The molecule has 1 saturated heterocycles. The maximum absolute atomic E-state index is 12.3. The highest BCUT2D eigenvalue weighted by atomic mass is 35.5. The summed E-state index contributed by atoms with van der Waals surface area (Å²) in [4.78, 5) is 24.2. The van der Waals surface area contributed by atoms with Crippen LogP contribution in [0.5, 0.6) is 0 Å². The number of rotatable bonds is 3. The summed E-state index contributed by atoms with van der Waals surface area (Å²) in [6.07, 6.45) is 4.02. The van der Waals surface area contributed by atoms with Gasteiger partial charge in [-0.25, -0.2) is 12.7 Å². The first-order valence-corrected chi connectivity index (χ1v) is 9.53. The van der Waals surface area contributed by atoms with Gasteiger partial charge in [-0.2, -0.15) is 0 Å². The van der Waals surface area contributed by atoms with Crippen LogP contribution in [0.3, 0.4) is 0 Å². The van der Waals surface area contributed by atoms with E-state index in [-0.39, 0.29) is 34.8 Å². The number of amides is 2. The lowest BCUT2D eigenvalue weighted by Gasteiger charge is -2.18. The monoisotopic (exact) mass is 356 g/mol. The average molecular weight is 357 g/mol. The van der Waals surface area contributed by atoms with Gasteiger partial charge in [0.25, 0.3) is 5.91 Å². The van der Waals surface area contributed by atoms with Gasteiger partial charge in [-0.05, 0) is 31.0 Å². The third-order valence-electron chi connectivity index (χ3n) is 4.20. The van der Waals surface area contributed by atoms with E-state index in [1.165, 1.54) is 18.2 Å². The summed E-state index contributed by atoms with van der Waals surface area (Å²) in [6, 6.07) is 4.50. The Balaban J connectivity index is 1.90. The lowest BCUT2D eigenvalue weighted by Crippen LogP contribution is -2.33. The van der Waals surface area contributed by atoms with Crippen molar-refractivity contribution in [1.29, 1.82) is 0 Å². The summed E-state index contributed by atoms with van der Waals surface area (Å²) >= 11 is 6.05. The van der Waals surface area contributed by atoms with Gasteiger partial charge >= 0.3 is 0 Å². The number of nitrogens with one attached hydrogen (secondary N) is 1. The highest BCUT2D eigenvalue weighted by molar-refractivity contribution is 7.94. The normalized spacial score (nSPS) is 20.9. The zero-order chi connectivity index (χ0) is 16.6. The van der Waals surface area contributed by atoms with Gasteiger partial charge in [-0.1, -0.05) is 24.4 Å². The number of carbonyl (C=O) groups is 2. The molecule has 1 aliphatic carbocycles. The Morgan fingerprint density at radius 1 is 1.26 bits per heavy atom. The van der Waals surface area contributed by atoms with Crippen LogP contribution in [-0.2, 0) is 14.8 Å². The molecule has 0 bridgehead atoms. The van der Waals surface area contributed by atoms with Crippen molar-refractivity contribution >= 4 is 39.1 Å².